The third-order valence-corrected chi connectivity index (χ3v) is 2.79. The lowest BCUT2D eigenvalue weighted by molar-refractivity contribution is 0.889. The van der Waals surface area contributed by atoms with E-state index in [1.165, 1.54) is 29.6 Å². The first-order valence-corrected chi connectivity index (χ1v) is 4.80. The quantitative estimate of drug-likeness (QED) is 0.646. The van der Waals surface area contributed by atoms with Gasteiger partial charge in [0.05, 0.1) is 11.2 Å². The smallest absolute Gasteiger partial charge is 0.0695 e. The molecule has 2 aromatic rings. The van der Waals surface area contributed by atoms with Gasteiger partial charge in [0.1, 0.15) is 0 Å². The fourth-order valence-corrected chi connectivity index (χ4v) is 1.89. The van der Waals surface area contributed by atoms with Crippen LogP contribution in [0.5, 0.6) is 0 Å². The highest BCUT2D eigenvalue weighted by Crippen LogP contribution is 2.41. The molecule has 0 radical (unpaired) electrons. The van der Waals surface area contributed by atoms with E-state index in [9.17, 15) is 0 Å². The molecular weight excluding hydrogens is 160 g/mol. The first-order chi connectivity index (χ1) is 6.36. The fraction of sp³-hybridized carbons (Fsp3) is 0.364. The van der Waals surface area contributed by atoms with Gasteiger partial charge in [-0.2, -0.15) is 5.10 Å². The third-order valence-electron chi connectivity index (χ3n) is 2.79. The average Bonchev–Trinajstić information content (AvgIpc) is 2.94. The molecule has 2 heteroatoms. The zero-order chi connectivity index (χ0) is 8.84. The zero-order valence-corrected chi connectivity index (χ0v) is 7.70. The fourth-order valence-electron chi connectivity index (χ4n) is 1.89. The highest BCUT2D eigenvalue weighted by Gasteiger charge is 2.28. The van der Waals surface area contributed by atoms with Gasteiger partial charge in [-0.15, -0.1) is 0 Å². The van der Waals surface area contributed by atoms with E-state index in [4.69, 9.17) is 0 Å². The van der Waals surface area contributed by atoms with Gasteiger partial charge in [-0.05, 0) is 37.5 Å². The Morgan fingerprint density at radius 3 is 2.92 bits per heavy atom. The van der Waals surface area contributed by atoms with Crippen molar-refractivity contribution in [3.05, 3.63) is 35.7 Å². The van der Waals surface area contributed by atoms with Crippen LogP contribution in [-0.2, 0) is 0 Å². The number of aromatic nitrogens is 2. The Morgan fingerprint density at radius 2 is 2.23 bits per heavy atom. The summed E-state index contributed by atoms with van der Waals surface area (Å²) in [6.45, 7) is 2.18. The van der Waals surface area contributed by atoms with Gasteiger partial charge in [-0.3, -0.25) is 0 Å². The van der Waals surface area contributed by atoms with Gasteiger partial charge in [0, 0.05) is 12.1 Å². The molecule has 0 amide bonds. The lowest BCUT2D eigenvalue weighted by Crippen LogP contribution is -1.85. The number of hydrogen-bond donors (Lipinski definition) is 0. The molecule has 1 fully saturated rings. The molecule has 1 aliphatic rings. The summed E-state index contributed by atoms with van der Waals surface area (Å²) < 4.78 is 1.99. The second-order valence-corrected chi connectivity index (χ2v) is 3.81. The van der Waals surface area contributed by atoms with Crippen LogP contribution in [0.2, 0.25) is 0 Å². The SMILES string of the molecule is Cc1c(C2CC2)nn2ccccc12. The standard InChI is InChI=1S/C11H12N2/c1-8-10-4-2-3-7-13(10)12-11(8)9-5-6-9/h2-4,7,9H,5-6H2,1H3. The molecule has 3 rings (SSSR count). The van der Waals surface area contributed by atoms with E-state index in [0.717, 1.165) is 5.92 Å². The Bertz CT molecular complexity index is 452. The normalized spacial score (nSPS) is 16.7. The molecule has 66 valence electrons. The molecule has 1 aliphatic carbocycles. The highest BCUT2D eigenvalue weighted by molar-refractivity contribution is 5.56. The molecule has 1 saturated carbocycles. The van der Waals surface area contributed by atoms with E-state index < -0.39 is 0 Å². The molecule has 2 aromatic heterocycles. The van der Waals surface area contributed by atoms with E-state index in [0.29, 0.717) is 0 Å². The maximum absolute atomic E-state index is 4.59. The van der Waals surface area contributed by atoms with Gasteiger partial charge in [0.2, 0.25) is 0 Å². The van der Waals surface area contributed by atoms with E-state index in [-0.39, 0.29) is 0 Å². The molecule has 0 spiro atoms. The number of rotatable bonds is 1. The van der Waals surface area contributed by atoms with Crippen LogP contribution in [0.25, 0.3) is 5.52 Å². The molecule has 0 saturated heterocycles. The molecule has 0 unspecified atom stereocenters. The van der Waals surface area contributed by atoms with Crippen LogP contribution in [0.15, 0.2) is 24.4 Å². The molecule has 0 bridgehead atoms. The van der Waals surface area contributed by atoms with Crippen LogP contribution in [-0.4, -0.2) is 9.61 Å². The lowest BCUT2D eigenvalue weighted by atomic mass is 10.1. The van der Waals surface area contributed by atoms with Crippen molar-refractivity contribution in [1.82, 2.24) is 9.61 Å². The molecular formula is C11H12N2. The predicted octanol–water partition coefficient (Wildman–Crippen LogP) is 2.52. The Hall–Kier alpha value is -1.31. The number of pyridine rings is 1. The van der Waals surface area contributed by atoms with Crippen molar-refractivity contribution in [3.8, 4) is 0 Å². The summed E-state index contributed by atoms with van der Waals surface area (Å²) in [5.74, 6) is 0.750. The van der Waals surface area contributed by atoms with Crippen molar-refractivity contribution in [2.24, 2.45) is 0 Å². The number of nitrogens with zero attached hydrogens (tertiary/aromatic N) is 2. The van der Waals surface area contributed by atoms with Crippen molar-refractivity contribution in [3.63, 3.8) is 0 Å². The van der Waals surface area contributed by atoms with Crippen molar-refractivity contribution in [2.75, 3.05) is 0 Å². The molecule has 0 N–H and O–H groups in total. The maximum atomic E-state index is 4.59. The summed E-state index contributed by atoms with van der Waals surface area (Å²) in [5.41, 5.74) is 3.93. The lowest BCUT2D eigenvalue weighted by Gasteiger charge is -1.90. The number of hydrogen-bond acceptors (Lipinski definition) is 1. The Kier molecular flexibility index (Phi) is 1.29. The first kappa shape index (κ1) is 7.13. The minimum absolute atomic E-state index is 0.750. The summed E-state index contributed by atoms with van der Waals surface area (Å²) in [6.07, 6.45) is 4.67. The van der Waals surface area contributed by atoms with Crippen molar-refractivity contribution in [2.45, 2.75) is 25.7 Å². The summed E-state index contributed by atoms with van der Waals surface area (Å²) >= 11 is 0. The topological polar surface area (TPSA) is 17.3 Å². The molecule has 13 heavy (non-hydrogen) atoms. The summed E-state index contributed by atoms with van der Waals surface area (Å²) in [4.78, 5) is 0. The maximum Gasteiger partial charge on any atom is 0.0695 e. The average molecular weight is 172 g/mol. The van der Waals surface area contributed by atoms with E-state index in [1.807, 2.05) is 16.8 Å². The minimum atomic E-state index is 0.750. The highest BCUT2D eigenvalue weighted by atomic mass is 15.2. The van der Waals surface area contributed by atoms with Crippen molar-refractivity contribution >= 4 is 5.52 Å². The van der Waals surface area contributed by atoms with Gasteiger partial charge in [0.25, 0.3) is 0 Å². The Labute approximate surface area is 77.2 Å². The molecule has 0 atom stereocenters. The third kappa shape index (κ3) is 0.981. The summed E-state index contributed by atoms with van der Waals surface area (Å²) in [5, 5.41) is 4.59. The van der Waals surface area contributed by atoms with Crippen LogP contribution >= 0.6 is 0 Å². The number of fused-ring (bicyclic) bond motifs is 1. The second-order valence-electron chi connectivity index (χ2n) is 3.81. The van der Waals surface area contributed by atoms with Gasteiger partial charge in [0.15, 0.2) is 0 Å². The van der Waals surface area contributed by atoms with Crippen LogP contribution in [0.4, 0.5) is 0 Å². The molecule has 0 aromatic carbocycles. The van der Waals surface area contributed by atoms with E-state index >= 15 is 0 Å². The molecule has 2 heterocycles. The Morgan fingerprint density at radius 1 is 1.38 bits per heavy atom. The summed E-state index contributed by atoms with van der Waals surface area (Å²) in [6, 6.07) is 6.23. The monoisotopic (exact) mass is 172 g/mol. The minimum Gasteiger partial charge on any atom is -0.240 e. The predicted molar refractivity (Wildman–Crippen MR) is 51.9 cm³/mol. The van der Waals surface area contributed by atoms with Crippen LogP contribution in [0.3, 0.4) is 0 Å². The second kappa shape index (κ2) is 2.34. The zero-order valence-electron chi connectivity index (χ0n) is 7.70. The van der Waals surface area contributed by atoms with E-state index in [1.54, 1.807) is 0 Å². The summed E-state index contributed by atoms with van der Waals surface area (Å²) in [7, 11) is 0. The van der Waals surface area contributed by atoms with Gasteiger partial charge in [-0.25, -0.2) is 4.52 Å². The van der Waals surface area contributed by atoms with Gasteiger partial charge >= 0.3 is 0 Å². The van der Waals surface area contributed by atoms with Crippen LogP contribution < -0.4 is 0 Å². The molecule has 0 aliphatic heterocycles. The van der Waals surface area contributed by atoms with Crippen LogP contribution in [0, 0.1) is 6.92 Å². The van der Waals surface area contributed by atoms with Gasteiger partial charge < -0.3 is 0 Å². The Balaban J connectivity index is 2.30. The molecule has 2 nitrogen and oxygen atoms in total. The largest absolute Gasteiger partial charge is 0.240 e. The first-order valence-electron chi connectivity index (χ1n) is 4.80. The van der Waals surface area contributed by atoms with Crippen molar-refractivity contribution in [1.29, 1.82) is 0 Å². The van der Waals surface area contributed by atoms with Crippen LogP contribution in [0.1, 0.15) is 30.0 Å². The van der Waals surface area contributed by atoms with Crippen molar-refractivity contribution < 1.29 is 0 Å². The van der Waals surface area contributed by atoms with E-state index in [2.05, 4.69) is 24.2 Å². The number of aryl methyl sites for hydroxylation is 1. The van der Waals surface area contributed by atoms with Gasteiger partial charge in [-0.1, -0.05) is 6.07 Å².